The molecule has 2 aliphatic carbocycles. The zero-order valence-electron chi connectivity index (χ0n) is 15.0. The molecule has 0 saturated heterocycles. The number of aliphatic hydroxyl groups is 1. The van der Waals surface area contributed by atoms with Gasteiger partial charge in [-0.3, -0.25) is 0 Å². The van der Waals surface area contributed by atoms with E-state index in [1.54, 1.807) is 0 Å². The molecule has 30 heavy (non-hydrogen) atoms. The van der Waals surface area contributed by atoms with E-state index >= 15 is 0 Å². The molecular weight excluding hydrogens is 425 g/mol. The van der Waals surface area contributed by atoms with Crippen LogP contribution in [0.25, 0.3) is 11.3 Å². The van der Waals surface area contributed by atoms with Crippen molar-refractivity contribution in [2.24, 2.45) is 5.92 Å². The summed E-state index contributed by atoms with van der Waals surface area (Å²) < 4.78 is 95.9. The molecule has 0 bridgehead atoms. The summed E-state index contributed by atoms with van der Waals surface area (Å²) in [6.07, 6.45) is -11.2. The second kappa shape index (κ2) is 6.46. The fraction of sp³-hybridized carbons (Fsp3) is 0.529. The minimum absolute atomic E-state index is 0.0343. The predicted molar refractivity (Wildman–Crippen MR) is 87.8 cm³/mol. The van der Waals surface area contributed by atoms with Crippen LogP contribution in [-0.2, 0) is 5.54 Å². The van der Waals surface area contributed by atoms with Crippen molar-refractivity contribution in [2.45, 2.75) is 49.6 Å². The Morgan fingerprint density at radius 1 is 1.27 bits per heavy atom. The molecule has 13 heteroatoms. The number of fused-ring (bicyclic) bond motifs is 1. The number of hydrogen-bond donors (Lipinski definition) is 2. The average molecular weight is 440 g/mol. The molecule has 3 unspecified atom stereocenters. The van der Waals surface area contributed by atoms with Gasteiger partial charge in [0.1, 0.15) is 12.0 Å². The summed E-state index contributed by atoms with van der Waals surface area (Å²) in [6, 6.07) is 0.834. The van der Waals surface area contributed by atoms with Crippen molar-refractivity contribution in [3.8, 4) is 17.0 Å². The molecule has 2 aromatic heterocycles. The van der Waals surface area contributed by atoms with Crippen LogP contribution in [0.5, 0.6) is 5.75 Å². The predicted octanol–water partition coefficient (Wildman–Crippen LogP) is 3.87. The van der Waals surface area contributed by atoms with Gasteiger partial charge in [0.25, 0.3) is 0 Å². The molecular formula is C17H15F7N4O2. The molecule has 0 aliphatic heterocycles. The Morgan fingerprint density at radius 2 is 1.97 bits per heavy atom. The van der Waals surface area contributed by atoms with E-state index in [4.69, 9.17) is 5.73 Å². The maximum Gasteiger partial charge on any atom is 0.573 e. The monoisotopic (exact) mass is 440 g/mol. The number of imidazole rings is 1. The number of halogens is 7. The number of rotatable bonds is 4. The number of nitrogens with zero attached hydrogens (tertiary/aromatic N) is 3. The first-order valence-corrected chi connectivity index (χ1v) is 8.82. The summed E-state index contributed by atoms with van der Waals surface area (Å²) in [7, 11) is 0. The second-order valence-electron chi connectivity index (χ2n) is 7.42. The number of nitrogens with two attached hydrogens (primary N) is 1. The Labute approximate surface area is 164 Å². The van der Waals surface area contributed by atoms with Crippen LogP contribution in [0.4, 0.5) is 36.6 Å². The summed E-state index contributed by atoms with van der Waals surface area (Å²) in [5, 5.41) is 9.80. The van der Waals surface area contributed by atoms with Crippen LogP contribution in [-0.4, -0.2) is 38.4 Å². The lowest BCUT2D eigenvalue weighted by atomic mass is 9.52. The quantitative estimate of drug-likeness (QED) is 0.706. The van der Waals surface area contributed by atoms with Gasteiger partial charge in [-0.1, -0.05) is 0 Å². The van der Waals surface area contributed by atoms with Gasteiger partial charge >= 0.3 is 12.5 Å². The molecule has 2 aromatic rings. The Hall–Kier alpha value is -2.57. The van der Waals surface area contributed by atoms with E-state index in [0.717, 1.165) is 23.0 Å². The van der Waals surface area contributed by atoms with Crippen LogP contribution in [0, 0.1) is 5.92 Å². The number of aliphatic hydroxyl groups excluding tert-OH is 1. The van der Waals surface area contributed by atoms with Crippen LogP contribution < -0.4 is 10.5 Å². The Balaban J connectivity index is 1.78. The lowest BCUT2D eigenvalue weighted by molar-refractivity contribution is -0.274. The topological polar surface area (TPSA) is 86.2 Å². The van der Waals surface area contributed by atoms with Gasteiger partial charge in [-0.25, -0.2) is 14.4 Å². The molecule has 0 radical (unpaired) electrons. The number of nitrogen functional groups attached to an aromatic ring is 1. The molecule has 2 heterocycles. The molecule has 2 aliphatic rings. The van der Waals surface area contributed by atoms with E-state index in [0.29, 0.717) is 12.8 Å². The van der Waals surface area contributed by atoms with Gasteiger partial charge in [0.15, 0.2) is 11.6 Å². The Morgan fingerprint density at radius 3 is 2.47 bits per heavy atom. The first kappa shape index (κ1) is 20.7. The number of ether oxygens (including phenoxy) is 1. The van der Waals surface area contributed by atoms with Crippen LogP contribution in [0.2, 0.25) is 0 Å². The minimum Gasteiger partial charge on any atom is -0.402 e. The molecule has 0 aromatic carbocycles. The van der Waals surface area contributed by atoms with E-state index in [9.17, 15) is 35.8 Å². The summed E-state index contributed by atoms with van der Waals surface area (Å²) in [6.45, 7) is 0. The maximum absolute atomic E-state index is 13.8. The molecule has 0 spiro atoms. The van der Waals surface area contributed by atoms with E-state index in [-0.39, 0.29) is 17.7 Å². The van der Waals surface area contributed by atoms with Crippen molar-refractivity contribution in [1.29, 1.82) is 0 Å². The lowest BCUT2D eigenvalue weighted by Crippen LogP contribution is -2.64. The van der Waals surface area contributed by atoms with Gasteiger partial charge in [0.2, 0.25) is 6.10 Å². The molecule has 0 amide bonds. The van der Waals surface area contributed by atoms with E-state index < -0.39 is 53.7 Å². The maximum atomic E-state index is 13.8. The fourth-order valence-electron chi connectivity index (χ4n) is 4.16. The minimum atomic E-state index is -5.06. The van der Waals surface area contributed by atoms with Crippen molar-refractivity contribution in [3.05, 3.63) is 24.3 Å². The van der Waals surface area contributed by atoms with E-state index in [1.165, 1.54) is 0 Å². The number of hydrogen-bond acceptors (Lipinski definition) is 5. The summed E-state index contributed by atoms with van der Waals surface area (Å²) in [5.41, 5.74) is 4.12. The van der Waals surface area contributed by atoms with Crippen LogP contribution >= 0.6 is 0 Å². The van der Waals surface area contributed by atoms with E-state index in [2.05, 4.69) is 14.7 Å². The van der Waals surface area contributed by atoms with Crippen molar-refractivity contribution in [2.75, 3.05) is 5.73 Å². The average Bonchev–Trinajstić information content (AvgIpc) is 3.03. The number of aromatic nitrogens is 3. The third kappa shape index (κ3) is 3.24. The van der Waals surface area contributed by atoms with Gasteiger partial charge in [-0.15, -0.1) is 13.2 Å². The highest BCUT2D eigenvalue weighted by Crippen LogP contribution is 2.61. The second-order valence-corrected chi connectivity index (χ2v) is 7.42. The van der Waals surface area contributed by atoms with Gasteiger partial charge < -0.3 is 20.1 Å². The molecule has 2 fully saturated rings. The van der Waals surface area contributed by atoms with Crippen LogP contribution in [0.3, 0.4) is 0 Å². The third-order valence-electron chi connectivity index (χ3n) is 5.73. The number of alkyl halides is 7. The van der Waals surface area contributed by atoms with Gasteiger partial charge in [0, 0.05) is 30.3 Å². The van der Waals surface area contributed by atoms with Crippen LogP contribution in [0.1, 0.15) is 31.2 Å². The normalized spacial score (nSPS) is 27.1. The largest absolute Gasteiger partial charge is 0.573 e. The zero-order chi connectivity index (χ0) is 22.1. The number of pyridine rings is 1. The van der Waals surface area contributed by atoms with Gasteiger partial charge in [-0.05, 0) is 18.9 Å². The highest BCUT2D eigenvalue weighted by molar-refractivity contribution is 5.64. The lowest BCUT2D eigenvalue weighted by Gasteiger charge is -2.61. The summed E-state index contributed by atoms with van der Waals surface area (Å²) >= 11 is 0. The molecule has 4 rings (SSSR count). The standard InChI is InChI=1S/C17H15F7N4O2/c18-9-4-15(2-1-8(9)15)28-6-10(27-14(28)12(29)16(19,20)21)7-3-11(13(25)26-5-7)30-17(22,23)24/h3,5-6,8-9,12,29H,1-2,4H2,(H2,25,26)/t8?,9?,12-,15?/m0/s1. The van der Waals surface area contributed by atoms with Crippen LogP contribution in [0.15, 0.2) is 18.5 Å². The SMILES string of the molecule is Nc1ncc(-c2cn(C34CCC3C(F)C4)c([C@H](O)C(F)(F)F)n2)cc1OC(F)(F)F. The van der Waals surface area contributed by atoms with E-state index in [1.807, 2.05) is 0 Å². The number of anilines is 1. The molecule has 164 valence electrons. The summed E-state index contributed by atoms with van der Waals surface area (Å²) in [5.74, 6) is -2.70. The summed E-state index contributed by atoms with van der Waals surface area (Å²) in [4.78, 5) is 7.38. The highest BCUT2D eigenvalue weighted by Gasteiger charge is 2.63. The van der Waals surface area contributed by atoms with Crippen molar-refractivity contribution in [1.82, 2.24) is 14.5 Å². The Kier molecular flexibility index (Phi) is 4.46. The molecule has 6 nitrogen and oxygen atoms in total. The van der Waals surface area contributed by atoms with Gasteiger partial charge in [0.05, 0.1) is 11.2 Å². The Bertz CT molecular complexity index is 974. The van der Waals surface area contributed by atoms with Crippen molar-refractivity contribution < 1.29 is 40.6 Å². The molecule has 2 saturated carbocycles. The fourth-order valence-corrected chi connectivity index (χ4v) is 4.16. The molecule has 4 atom stereocenters. The van der Waals surface area contributed by atoms with Gasteiger partial charge in [-0.2, -0.15) is 13.2 Å². The highest BCUT2D eigenvalue weighted by atomic mass is 19.4. The zero-order valence-corrected chi connectivity index (χ0v) is 15.0. The third-order valence-corrected chi connectivity index (χ3v) is 5.73. The smallest absolute Gasteiger partial charge is 0.402 e. The first-order valence-electron chi connectivity index (χ1n) is 8.82. The van der Waals surface area contributed by atoms with Crippen molar-refractivity contribution in [3.63, 3.8) is 0 Å². The molecule has 3 N–H and O–H groups in total. The first-order chi connectivity index (χ1) is 13.8. The van der Waals surface area contributed by atoms with Crippen molar-refractivity contribution >= 4 is 5.82 Å².